The summed E-state index contributed by atoms with van der Waals surface area (Å²) in [6.07, 6.45) is 2.99. The van der Waals surface area contributed by atoms with Gasteiger partial charge in [-0.15, -0.1) is 0 Å². The summed E-state index contributed by atoms with van der Waals surface area (Å²) in [5, 5.41) is 5.61. The number of amides is 1. The van der Waals surface area contributed by atoms with Crippen molar-refractivity contribution in [3.63, 3.8) is 0 Å². The smallest absolute Gasteiger partial charge is 0.254 e. The molecule has 1 atom stereocenters. The predicted octanol–water partition coefficient (Wildman–Crippen LogP) is 2.20. The molecule has 0 aliphatic rings. The fourth-order valence-electron chi connectivity index (χ4n) is 1.71. The van der Waals surface area contributed by atoms with Crippen molar-refractivity contribution in [2.24, 2.45) is 0 Å². The lowest BCUT2D eigenvalue weighted by molar-refractivity contribution is 0.0890. The standard InChI is InChI=1S/C14H22FN3O2/c1-4-7-16-13-12(15)11(6-8-17-13)14(19)18-10(5-2)9-20-3/h6,8,10H,4-5,7,9H2,1-3H3,(H,16,17)(H,18,19). The quantitative estimate of drug-likeness (QED) is 0.767. The van der Waals surface area contributed by atoms with Crippen LogP contribution >= 0.6 is 0 Å². The maximum Gasteiger partial charge on any atom is 0.254 e. The molecule has 0 aliphatic heterocycles. The second-order valence-electron chi connectivity index (χ2n) is 4.48. The van der Waals surface area contributed by atoms with Gasteiger partial charge in [0.2, 0.25) is 0 Å². The van der Waals surface area contributed by atoms with Crippen LogP contribution in [0.4, 0.5) is 10.2 Å². The van der Waals surface area contributed by atoms with Crippen molar-refractivity contribution in [2.45, 2.75) is 32.7 Å². The lowest BCUT2D eigenvalue weighted by atomic mass is 10.2. The molecule has 1 amide bonds. The van der Waals surface area contributed by atoms with Crippen molar-refractivity contribution in [3.05, 3.63) is 23.6 Å². The highest BCUT2D eigenvalue weighted by Gasteiger charge is 2.18. The van der Waals surface area contributed by atoms with Crippen LogP contribution in [0, 0.1) is 5.82 Å². The van der Waals surface area contributed by atoms with Gasteiger partial charge in [0.1, 0.15) is 0 Å². The first kappa shape index (κ1) is 16.4. The molecule has 20 heavy (non-hydrogen) atoms. The molecule has 0 bridgehead atoms. The number of hydrogen-bond acceptors (Lipinski definition) is 4. The van der Waals surface area contributed by atoms with Gasteiger partial charge in [0.05, 0.1) is 18.2 Å². The summed E-state index contributed by atoms with van der Waals surface area (Å²) in [7, 11) is 1.56. The van der Waals surface area contributed by atoms with E-state index in [0.29, 0.717) is 19.6 Å². The first-order valence-corrected chi connectivity index (χ1v) is 6.82. The number of anilines is 1. The van der Waals surface area contributed by atoms with Crippen molar-refractivity contribution in [1.82, 2.24) is 10.3 Å². The van der Waals surface area contributed by atoms with E-state index in [9.17, 15) is 9.18 Å². The zero-order valence-electron chi connectivity index (χ0n) is 12.2. The van der Waals surface area contributed by atoms with Gasteiger partial charge in [-0.1, -0.05) is 13.8 Å². The van der Waals surface area contributed by atoms with Crippen LogP contribution in [0.5, 0.6) is 0 Å². The molecule has 1 aromatic rings. The first-order chi connectivity index (χ1) is 9.63. The van der Waals surface area contributed by atoms with Gasteiger partial charge in [0.25, 0.3) is 5.91 Å². The number of methoxy groups -OCH3 is 1. The van der Waals surface area contributed by atoms with Crippen LogP contribution in [-0.4, -0.2) is 37.2 Å². The number of ether oxygens (including phenoxy) is 1. The van der Waals surface area contributed by atoms with Crippen LogP contribution in [0.1, 0.15) is 37.0 Å². The Labute approximate surface area is 118 Å². The van der Waals surface area contributed by atoms with E-state index < -0.39 is 11.7 Å². The Hall–Kier alpha value is -1.69. The van der Waals surface area contributed by atoms with E-state index in [-0.39, 0.29) is 17.4 Å². The molecule has 2 N–H and O–H groups in total. The van der Waals surface area contributed by atoms with E-state index >= 15 is 0 Å². The Bertz CT molecular complexity index is 440. The van der Waals surface area contributed by atoms with Gasteiger partial charge < -0.3 is 15.4 Å². The summed E-state index contributed by atoms with van der Waals surface area (Å²) >= 11 is 0. The molecule has 0 aliphatic carbocycles. The second kappa shape index (κ2) is 8.47. The number of aromatic nitrogens is 1. The molecule has 112 valence electrons. The number of carbonyl (C=O) groups is 1. The Morgan fingerprint density at radius 2 is 2.25 bits per heavy atom. The van der Waals surface area contributed by atoms with Crippen molar-refractivity contribution >= 4 is 11.7 Å². The van der Waals surface area contributed by atoms with Gasteiger partial charge >= 0.3 is 0 Å². The van der Waals surface area contributed by atoms with Crippen molar-refractivity contribution in [1.29, 1.82) is 0 Å². The van der Waals surface area contributed by atoms with E-state index in [1.807, 2.05) is 13.8 Å². The minimum absolute atomic E-state index is 0.00634. The fraction of sp³-hybridized carbons (Fsp3) is 0.571. The fourth-order valence-corrected chi connectivity index (χ4v) is 1.71. The highest BCUT2D eigenvalue weighted by Crippen LogP contribution is 2.15. The summed E-state index contributed by atoms with van der Waals surface area (Å²) in [6, 6.07) is 1.24. The molecule has 1 unspecified atom stereocenters. The summed E-state index contributed by atoms with van der Waals surface area (Å²) in [5.74, 6) is -0.960. The summed E-state index contributed by atoms with van der Waals surface area (Å²) in [5.41, 5.74) is -0.00634. The van der Waals surface area contributed by atoms with Gasteiger partial charge in [-0.2, -0.15) is 0 Å². The van der Waals surface area contributed by atoms with Crippen LogP contribution in [0.25, 0.3) is 0 Å². The number of pyridine rings is 1. The maximum atomic E-state index is 14.2. The lowest BCUT2D eigenvalue weighted by Crippen LogP contribution is -2.38. The zero-order valence-corrected chi connectivity index (χ0v) is 12.2. The van der Waals surface area contributed by atoms with Crippen molar-refractivity contribution in [2.75, 3.05) is 25.6 Å². The second-order valence-corrected chi connectivity index (χ2v) is 4.48. The van der Waals surface area contributed by atoms with Gasteiger partial charge in [-0.05, 0) is 18.9 Å². The average molecular weight is 283 g/mol. The van der Waals surface area contributed by atoms with Gasteiger partial charge in [0, 0.05) is 19.9 Å². The average Bonchev–Trinajstić information content (AvgIpc) is 2.45. The third-order valence-corrected chi connectivity index (χ3v) is 2.87. The zero-order chi connectivity index (χ0) is 15.0. The van der Waals surface area contributed by atoms with E-state index in [1.165, 1.54) is 12.3 Å². The normalized spacial score (nSPS) is 12.0. The molecule has 1 heterocycles. The summed E-state index contributed by atoms with van der Waals surface area (Å²) < 4.78 is 19.2. The molecular formula is C14H22FN3O2. The molecule has 0 radical (unpaired) electrons. The van der Waals surface area contributed by atoms with Gasteiger partial charge in [-0.3, -0.25) is 4.79 Å². The molecule has 0 aromatic carbocycles. The first-order valence-electron chi connectivity index (χ1n) is 6.82. The minimum atomic E-state index is -0.620. The maximum absolute atomic E-state index is 14.2. The third-order valence-electron chi connectivity index (χ3n) is 2.87. The Kier molecular flexibility index (Phi) is 6.93. The Balaban J connectivity index is 2.82. The van der Waals surface area contributed by atoms with Crippen LogP contribution < -0.4 is 10.6 Å². The van der Waals surface area contributed by atoms with Crippen molar-refractivity contribution in [3.8, 4) is 0 Å². The summed E-state index contributed by atoms with van der Waals surface area (Å²) in [4.78, 5) is 16.0. The number of carbonyl (C=O) groups excluding carboxylic acids is 1. The predicted molar refractivity (Wildman–Crippen MR) is 76.4 cm³/mol. The molecule has 0 spiro atoms. The molecule has 0 saturated carbocycles. The monoisotopic (exact) mass is 283 g/mol. The number of hydrogen-bond donors (Lipinski definition) is 2. The Morgan fingerprint density at radius 1 is 1.50 bits per heavy atom. The van der Waals surface area contributed by atoms with Gasteiger partial charge in [-0.25, -0.2) is 9.37 Å². The van der Waals surface area contributed by atoms with Crippen molar-refractivity contribution < 1.29 is 13.9 Å². The molecule has 6 heteroatoms. The minimum Gasteiger partial charge on any atom is -0.383 e. The molecule has 0 saturated heterocycles. The molecule has 1 rings (SSSR count). The molecular weight excluding hydrogens is 261 g/mol. The highest BCUT2D eigenvalue weighted by atomic mass is 19.1. The molecule has 5 nitrogen and oxygen atoms in total. The summed E-state index contributed by atoms with van der Waals surface area (Å²) in [6.45, 7) is 4.91. The van der Waals surface area contributed by atoms with Crippen LogP contribution in [0.2, 0.25) is 0 Å². The van der Waals surface area contributed by atoms with Crippen LogP contribution in [-0.2, 0) is 4.74 Å². The highest BCUT2D eigenvalue weighted by molar-refractivity contribution is 5.95. The lowest BCUT2D eigenvalue weighted by Gasteiger charge is -2.16. The largest absolute Gasteiger partial charge is 0.383 e. The van der Waals surface area contributed by atoms with E-state index in [1.54, 1.807) is 7.11 Å². The number of halogens is 1. The third kappa shape index (κ3) is 4.45. The number of nitrogens with one attached hydrogen (secondary N) is 2. The van der Waals surface area contributed by atoms with E-state index in [2.05, 4.69) is 15.6 Å². The molecule has 0 fully saturated rings. The van der Waals surface area contributed by atoms with E-state index in [4.69, 9.17) is 4.74 Å². The van der Waals surface area contributed by atoms with Crippen LogP contribution in [0.3, 0.4) is 0 Å². The van der Waals surface area contributed by atoms with Crippen LogP contribution in [0.15, 0.2) is 12.3 Å². The number of nitrogens with zero attached hydrogens (tertiary/aromatic N) is 1. The SMILES string of the molecule is CCCNc1nccc(C(=O)NC(CC)COC)c1F. The van der Waals surface area contributed by atoms with Gasteiger partial charge in [0.15, 0.2) is 11.6 Å². The molecule has 1 aromatic heterocycles. The topological polar surface area (TPSA) is 63.2 Å². The Morgan fingerprint density at radius 3 is 2.85 bits per heavy atom. The number of rotatable bonds is 8. The van der Waals surface area contributed by atoms with E-state index in [0.717, 1.165) is 6.42 Å².